The van der Waals surface area contributed by atoms with Gasteiger partial charge in [0.15, 0.2) is 11.7 Å². The maximum Gasteiger partial charge on any atom is 0.313 e. The molecule has 1 rings (SSSR count). The van der Waals surface area contributed by atoms with Gasteiger partial charge in [-0.1, -0.05) is 0 Å². The second-order valence-corrected chi connectivity index (χ2v) is 2.34. The summed E-state index contributed by atoms with van der Waals surface area (Å²) in [7, 11) is 0. The van der Waals surface area contributed by atoms with Crippen LogP contribution < -0.4 is 0 Å². The van der Waals surface area contributed by atoms with E-state index in [0.717, 1.165) is 0 Å². The molecule has 0 aromatic carbocycles. The molecule has 0 saturated carbocycles. The first-order chi connectivity index (χ1) is 5.52. The molecular formula is C7H5F3O2. The van der Waals surface area contributed by atoms with Gasteiger partial charge in [-0.2, -0.15) is 0 Å². The van der Waals surface area contributed by atoms with Gasteiger partial charge in [-0.05, 0) is 12.2 Å². The molecule has 2 atom stereocenters. The summed E-state index contributed by atoms with van der Waals surface area (Å²) in [6, 6.07) is 0. The Morgan fingerprint density at radius 3 is 2.33 bits per heavy atom. The summed E-state index contributed by atoms with van der Waals surface area (Å²) in [4.78, 5) is 10.2. The van der Waals surface area contributed by atoms with Crippen molar-refractivity contribution in [3.8, 4) is 0 Å². The first-order valence-corrected chi connectivity index (χ1v) is 3.14. The zero-order chi connectivity index (χ0) is 9.30. The Balaban J connectivity index is 2.91. The third-order valence-electron chi connectivity index (χ3n) is 1.49. The molecule has 5 heteroatoms. The Kier molecular flexibility index (Phi) is 2.21. The molecular weight excluding hydrogens is 173 g/mol. The zero-order valence-electron chi connectivity index (χ0n) is 5.80. The van der Waals surface area contributed by atoms with Crippen LogP contribution in [0.1, 0.15) is 0 Å². The van der Waals surface area contributed by atoms with E-state index in [4.69, 9.17) is 5.11 Å². The monoisotopic (exact) mass is 178 g/mol. The van der Waals surface area contributed by atoms with Crippen molar-refractivity contribution in [1.29, 1.82) is 0 Å². The lowest BCUT2D eigenvalue weighted by Gasteiger charge is -2.13. The van der Waals surface area contributed by atoms with Crippen molar-refractivity contribution in [2.75, 3.05) is 0 Å². The minimum Gasteiger partial charge on any atom is -0.481 e. The van der Waals surface area contributed by atoms with Gasteiger partial charge in [0.05, 0.1) is 0 Å². The van der Waals surface area contributed by atoms with Crippen molar-refractivity contribution in [2.24, 2.45) is 5.92 Å². The van der Waals surface area contributed by atoms with Gasteiger partial charge < -0.3 is 5.11 Å². The topological polar surface area (TPSA) is 37.3 Å². The quantitative estimate of drug-likeness (QED) is 0.664. The van der Waals surface area contributed by atoms with Crippen LogP contribution in [0, 0.1) is 5.92 Å². The highest BCUT2D eigenvalue weighted by molar-refractivity contribution is 5.74. The summed E-state index contributed by atoms with van der Waals surface area (Å²) < 4.78 is 37.2. The number of carbonyl (C=O) groups is 1. The number of hydrogen-bond donors (Lipinski definition) is 1. The number of allylic oxidation sites excluding steroid dienone is 3. The molecule has 0 aromatic heterocycles. The molecule has 1 N–H and O–H groups in total. The van der Waals surface area contributed by atoms with Crippen molar-refractivity contribution in [3.05, 3.63) is 23.8 Å². The van der Waals surface area contributed by atoms with E-state index in [0.29, 0.717) is 12.2 Å². The van der Waals surface area contributed by atoms with Gasteiger partial charge in [0, 0.05) is 0 Å². The number of alkyl halides is 1. The van der Waals surface area contributed by atoms with Gasteiger partial charge >= 0.3 is 5.97 Å². The third kappa shape index (κ3) is 1.49. The normalized spacial score (nSPS) is 29.2. The lowest BCUT2D eigenvalue weighted by molar-refractivity contribution is -0.141. The van der Waals surface area contributed by atoms with Crippen LogP contribution in [0.5, 0.6) is 0 Å². The molecule has 0 heterocycles. The van der Waals surface area contributed by atoms with Crippen molar-refractivity contribution in [2.45, 2.75) is 6.17 Å². The summed E-state index contributed by atoms with van der Waals surface area (Å²) in [6.07, 6.45) is -1.27. The van der Waals surface area contributed by atoms with Crippen LogP contribution in [-0.4, -0.2) is 17.2 Å². The molecule has 2 unspecified atom stereocenters. The summed E-state index contributed by atoms with van der Waals surface area (Å²) in [5, 5.41) is 8.31. The predicted molar refractivity (Wildman–Crippen MR) is 34.4 cm³/mol. The molecule has 1 aliphatic rings. The molecule has 0 bridgehead atoms. The Bertz CT molecular complexity index is 270. The number of halogens is 3. The standard InChI is InChI=1S/C7H5F3O2/c8-4-2-6(10)5(9)1-3(4)7(11)12/h1-4H,(H,11,12). The number of hydrogen-bond acceptors (Lipinski definition) is 1. The van der Waals surface area contributed by atoms with Crippen LogP contribution in [0.25, 0.3) is 0 Å². The SMILES string of the molecule is O=C(O)C1C=C(F)C(F)=CC1F. The molecule has 0 fully saturated rings. The second-order valence-electron chi connectivity index (χ2n) is 2.34. The van der Waals surface area contributed by atoms with Crippen molar-refractivity contribution in [1.82, 2.24) is 0 Å². The smallest absolute Gasteiger partial charge is 0.313 e. The predicted octanol–water partition coefficient (Wildman–Crippen LogP) is 1.75. The summed E-state index contributed by atoms with van der Waals surface area (Å²) in [6.45, 7) is 0. The fourth-order valence-electron chi connectivity index (χ4n) is 0.860. The van der Waals surface area contributed by atoms with Gasteiger partial charge in [-0.15, -0.1) is 0 Å². The molecule has 0 aromatic rings. The first kappa shape index (κ1) is 8.83. The third-order valence-corrected chi connectivity index (χ3v) is 1.49. The largest absolute Gasteiger partial charge is 0.481 e. The van der Waals surface area contributed by atoms with E-state index in [1.54, 1.807) is 0 Å². The molecule has 0 aliphatic heterocycles. The van der Waals surface area contributed by atoms with E-state index in [9.17, 15) is 18.0 Å². The van der Waals surface area contributed by atoms with Gasteiger partial charge in [0.25, 0.3) is 0 Å². The van der Waals surface area contributed by atoms with Crippen LogP contribution in [-0.2, 0) is 4.79 Å². The molecule has 0 saturated heterocycles. The van der Waals surface area contributed by atoms with Crippen molar-refractivity contribution in [3.63, 3.8) is 0 Å². The molecule has 0 amide bonds. The van der Waals surface area contributed by atoms with E-state index in [1.165, 1.54) is 0 Å². The molecule has 1 aliphatic carbocycles. The van der Waals surface area contributed by atoms with E-state index in [1.807, 2.05) is 0 Å². The van der Waals surface area contributed by atoms with E-state index >= 15 is 0 Å². The highest BCUT2D eigenvalue weighted by Crippen LogP contribution is 2.27. The van der Waals surface area contributed by atoms with Gasteiger partial charge in [0.2, 0.25) is 0 Å². The van der Waals surface area contributed by atoms with Gasteiger partial charge in [-0.3, -0.25) is 4.79 Å². The maximum absolute atomic E-state index is 12.6. The van der Waals surface area contributed by atoms with Crippen molar-refractivity contribution >= 4 is 5.97 Å². The average Bonchev–Trinajstić information content (AvgIpc) is 1.96. The number of rotatable bonds is 1. The highest BCUT2D eigenvalue weighted by Gasteiger charge is 2.30. The Morgan fingerprint density at radius 1 is 1.33 bits per heavy atom. The lowest BCUT2D eigenvalue weighted by Crippen LogP contribution is -2.24. The van der Waals surface area contributed by atoms with Crippen LogP contribution in [0.15, 0.2) is 23.8 Å². The van der Waals surface area contributed by atoms with Crippen LogP contribution in [0.4, 0.5) is 13.2 Å². The average molecular weight is 178 g/mol. The van der Waals surface area contributed by atoms with E-state index < -0.39 is 29.7 Å². The molecule has 0 spiro atoms. The first-order valence-electron chi connectivity index (χ1n) is 3.14. The fraction of sp³-hybridized carbons (Fsp3) is 0.286. The number of carboxylic acid groups (broad SMARTS) is 1. The van der Waals surface area contributed by atoms with E-state index in [-0.39, 0.29) is 0 Å². The van der Waals surface area contributed by atoms with Gasteiger partial charge in [-0.25, -0.2) is 13.2 Å². The minimum absolute atomic E-state index is 0.314. The van der Waals surface area contributed by atoms with Crippen molar-refractivity contribution < 1.29 is 23.1 Å². The Labute approximate surface area is 66.0 Å². The van der Waals surface area contributed by atoms with Crippen LogP contribution in [0.2, 0.25) is 0 Å². The van der Waals surface area contributed by atoms with Gasteiger partial charge in [0.1, 0.15) is 12.1 Å². The summed E-state index contributed by atoms with van der Waals surface area (Å²) in [5.74, 6) is -5.80. The molecule has 2 nitrogen and oxygen atoms in total. The molecule has 66 valence electrons. The maximum atomic E-state index is 12.6. The Morgan fingerprint density at radius 2 is 1.83 bits per heavy atom. The zero-order valence-corrected chi connectivity index (χ0v) is 5.80. The number of carboxylic acids is 1. The number of aliphatic carboxylic acids is 1. The molecule has 12 heavy (non-hydrogen) atoms. The molecule has 0 radical (unpaired) electrons. The fourth-order valence-corrected chi connectivity index (χ4v) is 0.860. The minimum atomic E-state index is -2.00. The van der Waals surface area contributed by atoms with Crippen LogP contribution >= 0.6 is 0 Å². The summed E-state index contributed by atoms with van der Waals surface area (Å²) in [5.41, 5.74) is 0. The lowest BCUT2D eigenvalue weighted by atomic mass is 9.98. The second kappa shape index (κ2) is 3.00. The van der Waals surface area contributed by atoms with E-state index in [2.05, 4.69) is 0 Å². The highest BCUT2D eigenvalue weighted by atomic mass is 19.2. The Hall–Kier alpha value is -1.26. The van der Waals surface area contributed by atoms with Crippen LogP contribution in [0.3, 0.4) is 0 Å². The summed E-state index contributed by atoms with van der Waals surface area (Å²) >= 11 is 0.